The number of hydrogen-bond acceptors (Lipinski definition) is 2. The molecule has 4 heterocycles. The van der Waals surface area contributed by atoms with Crippen LogP contribution in [-0.4, -0.2) is 23.7 Å². The van der Waals surface area contributed by atoms with E-state index in [0.717, 1.165) is 55.7 Å². The van der Waals surface area contributed by atoms with Crippen LogP contribution in [0.2, 0.25) is 0 Å². The molecular weight excluding hydrogens is 871 g/mol. The zero-order chi connectivity index (χ0) is 46.2. The van der Waals surface area contributed by atoms with E-state index in [1.165, 1.54) is 52.2 Å². The third-order valence-electron chi connectivity index (χ3n) is 14.0. The van der Waals surface area contributed by atoms with Gasteiger partial charge in [-0.15, -0.1) is 10.0 Å². The second-order valence-corrected chi connectivity index (χ2v) is 20.9. The van der Waals surface area contributed by atoms with Crippen molar-refractivity contribution >= 4 is 75.4 Å². The fraction of sp³-hybridized carbons (Fsp3) is 0. The summed E-state index contributed by atoms with van der Waals surface area (Å²) in [6, 6.07) is 94.5. The Morgan fingerprint density at radius 2 is 0.614 bits per heavy atom. The third-order valence-corrected chi connectivity index (χ3v) is 17.9. The molecule has 0 aliphatic carbocycles. The lowest BCUT2D eigenvalue weighted by Crippen LogP contribution is -2.07. The van der Waals surface area contributed by atoms with Gasteiger partial charge in [-0.05, 0) is 97.1 Å². The maximum absolute atomic E-state index is 5.65. The summed E-state index contributed by atoms with van der Waals surface area (Å²) in [5.74, 6) is 2.23. The lowest BCUT2D eigenvalue weighted by molar-refractivity contribution is 0.993. The number of rotatable bonds is 8. The SMILES string of the molecule is c1ccc(S(c2ccccc2)(c2ccccc2)c2cccc(-c3nc(-n4c5ccccc5c5ccccc54)cc(-n4c5ccccc5c5cc(-n6c7ccccc7c7ccccc76)ccc54)n3)c2)cc1. The van der Waals surface area contributed by atoms with E-state index in [-0.39, 0.29) is 0 Å². The first kappa shape index (κ1) is 40.1. The van der Waals surface area contributed by atoms with Crippen LogP contribution in [0.5, 0.6) is 0 Å². The quantitative estimate of drug-likeness (QED) is 0.152. The van der Waals surface area contributed by atoms with Gasteiger partial charge in [-0.2, -0.15) is 0 Å². The molecule has 10 aromatic carbocycles. The van der Waals surface area contributed by atoms with Gasteiger partial charge >= 0.3 is 0 Å². The van der Waals surface area contributed by atoms with E-state index in [9.17, 15) is 0 Å². The first-order valence-electron chi connectivity index (χ1n) is 23.7. The largest absolute Gasteiger partial charge is 0.309 e. The molecule has 0 unspecified atom stereocenters. The Morgan fingerprint density at radius 3 is 1.06 bits per heavy atom. The molecule has 330 valence electrons. The Balaban J connectivity index is 1.04. The molecular formula is C64H43N5S. The fourth-order valence-corrected chi connectivity index (χ4v) is 14.9. The minimum Gasteiger partial charge on any atom is -0.309 e. The summed E-state index contributed by atoms with van der Waals surface area (Å²) >= 11 is 0. The molecule has 5 nitrogen and oxygen atoms in total. The van der Waals surface area contributed by atoms with Gasteiger partial charge in [0.2, 0.25) is 0 Å². The molecule has 0 N–H and O–H groups in total. The van der Waals surface area contributed by atoms with Crippen LogP contribution in [0.1, 0.15) is 0 Å². The summed E-state index contributed by atoms with van der Waals surface area (Å²) in [4.78, 5) is 16.2. The highest BCUT2D eigenvalue weighted by Crippen LogP contribution is 2.73. The predicted molar refractivity (Wildman–Crippen MR) is 290 cm³/mol. The normalized spacial score (nSPS) is 12.2. The van der Waals surface area contributed by atoms with Gasteiger partial charge in [-0.3, -0.25) is 9.13 Å². The molecule has 0 amide bonds. The Hall–Kier alpha value is -8.97. The summed E-state index contributed by atoms with van der Waals surface area (Å²) in [5.41, 5.74) is 8.74. The van der Waals surface area contributed by atoms with E-state index in [2.05, 4.69) is 275 Å². The number of benzene rings is 10. The number of fused-ring (bicyclic) bond motifs is 9. The summed E-state index contributed by atoms with van der Waals surface area (Å²) in [7, 11) is -1.98. The molecule has 0 saturated carbocycles. The van der Waals surface area contributed by atoms with Crippen LogP contribution in [0, 0.1) is 0 Å². The Kier molecular flexibility index (Phi) is 9.22. The number of nitrogens with zero attached hydrogens (tertiary/aromatic N) is 5. The Morgan fingerprint density at radius 1 is 0.257 bits per heavy atom. The molecule has 0 aliphatic heterocycles. The molecule has 0 bridgehead atoms. The second-order valence-electron chi connectivity index (χ2n) is 17.8. The summed E-state index contributed by atoms with van der Waals surface area (Å²) in [6.45, 7) is 0. The van der Waals surface area contributed by atoms with Crippen molar-refractivity contribution in [3.8, 4) is 28.7 Å². The van der Waals surface area contributed by atoms with E-state index in [4.69, 9.17) is 9.97 Å². The van der Waals surface area contributed by atoms with Crippen LogP contribution in [0.3, 0.4) is 0 Å². The van der Waals surface area contributed by atoms with Crippen LogP contribution in [-0.2, 0) is 0 Å². The minimum absolute atomic E-state index is 0.645. The van der Waals surface area contributed by atoms with Crippen molar-refractivity contribution in [1.29, 1.82) is 0 Å². The summed E-state index contributed by atoms with van der Waals surface area (Å²) in [5, 5.41) is 7.15. The predicted octanol–water partition coefficient (Wildman–Crippen LogP) is 16.8. The second kappa shape index (κ2) is 16.1. The van der Waals surface area contributed by atoms with Gasteiger partial charge in [0.1, 0.15) is 11.6 Å². The zero-order valence-corrected chi connectivity index (χ0v) is 38.8. The van der Waals surface area contributed by atoms with Gasteiger partial charge in [0.25, 0.3) is 0 Å². The highest BCUT2D eigenvalue weighted by Gasteiger charge is 2.33. The molecule has 0 atom stereocenters. The molecule has 4 aromatic heterocycles. The highest BCUT2D eigenvalue weighted by molar-refractivity contribution is 8.34. The average molecular weight is 914 g/mol. The number of aromatic nitrogens is 5. The lowest BCUT2D eigenvalue weighted by Gasteiger charge is -2.42. The molecule has 70 heavy (non-hydrogen) atoms. The summed E-state index contributed by atoms with van der Waals surface area (Å²) in [6.07, 6.45) is 0. The van der Waals surface area contributed by atoms with Crippen LogP contribution in [0.15, 0.2) is 280 Å². The molecule has 14 rings (SSSR count). The molecule has 0 fully saturated rings. The standard InChI is InChI=1S/C64H43N5S/c1-4-22-46(23-5-1)70(47-24-6-2-7-25-47,48-26-8-3-9-27-48)49-28-20-21-44(41-49)64-65-62(68-58-36-17-12-31-52(58)53-32-13-18-37-59(53)68)43-63(66-64)69-60-38-19-14-33-54(60)55-42-45(39-40-61(55)69)67-56-34-15-10-29-50(56)51-30-11-16-35-57(51)67/h1-43H. The highest BCUT2D eigenvalue weighted by atomic mass is 32.3. The van der Waals surface area contributed by atoms with Crippen LogP contribution >= 0.6 is 10.0 Å². The lowest BCUT2D eigenvalue weighted by atomic mass is 10.1. The van der Waals surface area contributed by atoms with Crippen molar-refractivity contribution in [2.24, 2.45) is 0 Å². The van der Waals surface area contributed by atoms with Crippen molar-refractivity contribution in [3.05, 3.63) is 261 Å². The topological polar surface area (TPSA) is 40.6 Å². The van der Waals surface area contributed by atoms with E-state index in [1.54, 1.807) is 0 Å². The van der Waals surface area contributed by atoms with Crippen molar-refractivity contribution in [1.82, 2.24) is 23.7 Å². The van der Waals surface area contributed by atoms with E-state index < -0.39 is 10.0 Å². The Labute approximate surface area is 406 Å². The van der Waals surface area contributed by atoms with Crippen molar-refractivity contribution < 1.29 is 0 Å². The first-order chi connectivity index (χ1) is 34.7. The first-order valence-corrected chi connectivity index (χ1v) is 25.4. The molecule has 0 radical (unpaired) electrons. The monoisotopic (exact) mass is 913 g/mol. The molecule has 0 spiro atoms. The van der Waals surface area contributed by atoms with E-state index in [0.29, 0.717) is 5.82 Å². The molecule has 0 saturated heterocycles. The summed E-state index contributed by atoms with van der Waals surface area (Å²) < 4.78 is 7.04. The third kappa shape index (κ3) is 6.07. The van der Waals surface area contributed by atoms with Gasteiger partial charge in [-0.25, -0.2) is 9.97 Å². The number of hydrogen-bond donors (Lipinski definition) is 0. The van der Waals surface area contributed by atoms with Gasteiger partial charge in [0, 0.05) is 69.2 Å². The van der Waals surface area contributed by atoms with Crippen molar-refractivity contribution in [2.75, 3.05) is 0 Å². The smallest absolute Gasteiger partial charge is 0.163 e. The van der Waals surface area contributed by atoms with E-state index >= 15 is 0 Å². The van der Waals surface area contributed by atoms with E-state index in [1.807, 2.05) is 0 Å². The van der Waals surface area contributed by atoms with Gasteiger partial charge in [0.05, 0.1) is 33.1 Å². The Bertz CT molecular complexity index is 4100. The zero-order valence-electron chi connectivity index (χ0n) is 38.0. The average Bonchev–Trinajstić information content (AvgIpc) is 4.08. The van der Waals surface area contributed by atoms with Crippen molar-refractivity contribution in [3.63, 3.8) is 0 Å². The minimum atomic E-state index is -1.98. The van der Waals surface area contributed by atoms with Crippen molar-refractivity contribution in [2.45, 2.75) is 19.6 Å². The maximum Gasteiger partial charge on any atom is 0.163 e. The van der Waals surface area contributed by atoms with Crippen LogP contribution in [0.4, 0.5) is 0 Å². The van der Waals surface area contributed by atoms with Gasteiger partial charge < -0.3 is 4.57 Å². The van der Waals surface area contributed by atoms with Crippen LogP contribution in [0.25, 0.3) is 94.1 Å². The molecule has 6 heteroatoms. The number of para-hydroxylation sites is 5. The van der Waals surface area contributed by atoms with Gasteiger partial charge in [0.15, 0.2) is 5.82 Å². The fourth-order valence-electron chi connectivity index (χ4n) is 11.0. The molecule has 14 aromatic rings. The van der Waals surface area contributed by atoms with Gasteiger partial charge in [-0.1, -0.05) is 158 Å². The van der Waals surface area contributed by atoms with Crippen LogP contribution < -0.4 is 0 Å². The maximum atomic E-state index is 5.65. The molecule has 0 aliphatic rings.